The number of hydrogen-bond acceptors (Lipinski definition) is 0. The number of hydrogen-bond donors (Lipinski definition) is 0. The second-order valence-electron chi connectivity index (χ2n) is 7.39. The van der Waals surface area contributed by atoms with Gasteiger partial charge in [0.05, 0.1) is 0 Å². The molecule has 0 aliphatic carbocycles. The van der Waals surface area contributed by atoms with Gasteiger partial charge in [-0.05, 0) is 45.4 Å². The summed E-state index contributed by atoms with van der Waals surface area (Å²) in [6.45, 7) is 18.8. The second kappa shape index (κ2) is 5.69. The largest absolute Gasteiger partial charge is 0.0587 e. The van der Waals surface area contributed by atoms with Crippen LogP contribution in [0.2, 0.25) is 0 Å². The van der Waals surface area contributed by atoms with Gasteiger partial charge in [-0.15, -0.1) is 0 Å². The second-order valence-corrected chi connectivity index (χ2v) is 7.39. The highest BCUT2D eigenvalue weighted by molar-refractivity contribution is 5.46. The summed E-state index contributed by atoms with van der Waals surface area (Å²) < 4.78 is 16.9. The average molecular weight is 262 g/mol. The summed E-state index contributed by atoms with van der Waals surface area (Å²) in [5.74, 6) is -0.919. The summed E-state index contributed by atoms with van der Waals surface area (Å²) in [7, 11) is 0. The van der Waals surface area contributed by atoms with E-state index >= 15 is 0 Å². The fraction of sp³-hybridized carbons (Fsp3) is 0.684. The highest BCUT2D eigenvalue weighted by atomic mass is 14.3. The Kier molecular flexibility index (Phi) is 3.96. The molecular weight excluding hydrogens is 228 g/mol. The minimum atomic E-state index is -0.652. The van der Waals surface area contributed by atoms with Crippen molar-refractivity contribution in [3.8, 4) is 0 Å². The van der Waals surface area contributed by atoms with E-state index in [9.17, 15) is 0 Å². The molecule has 0 saturated heterocycles. The molecule has 0 amide bonds. The normalized spacial score (nSPS) is 15.5. The van der Waals surface area contributed by atoms with E-state index in [1.807, 2.05) is 27.7 Å². The molecule has 0 aliphatic rings. The molecule has 0 aromatic heterocycles. The Bertz CT molecular complexity index is 471. The van der Waals surface area contributed by atoms with Crippen molar-refractivity contribution in [3.63, 3.8) is 0 Å². The van der Waals surface area contributed by atoms with Gasteiger partial charge in [0.1, 0.15) is 0 Å². The lowest BCUT2D eigenvalue weighted by Gasteiger charge is -2.30. The minimum Gasteiger partial charge on any atom is -0.0587 e. The monoisotopic (exact) mass is 262 g/mol. The van der Waals surface area contributed by atoms with Crippen LogP contribution in [0.1, 0.15) is 105 Å². The van der Waals surface area contributed by atoms with E-state index < -0.39 is 11.8 Å². The van der Waals surface area contributed by atoms with Crippen LogP contribution in [0.3, 0.4) is 0 Å². The van der Waals surface area contributed by atoms with Gasteiger partial charge in [0.2, 0.25) is 0 Å². The molecule has 1 aromatic carbocycles. The van der Waals surface area contributed by atoms with Crippen molar-refractivity contribution in [3.05, 3.63) is 34.4 Å². The Morgan fingerprint density at radius 2 is 1.42 bits per heavy atom. The predicted molar refractivity (Wildman–Crippen MR) is 87.4 cm³/mol. The molecule has 0 atom stereocenters. The molecule has 1 aromatic rings. The molecule has 0 radical (unpaired) electrons. The Morgan fingerprint density at radius 1 is 0.895 bits per heavy atom. The van der Waals surface area contributed by atoms with Crippen LogP contribution < -0.4 is 0 Å². The quantitative estimate of drug-likeness (QED) is 0.595. The van der Waals surface area contributed by atoms with Crippen molar-refractivity contribution >= 4 is 0 Å². The van der Waals surface area contributed by atoms with E-state index in [-0.39, 0.29) is 5.41 Å². The molecule has 1 rings (SSSR count). The van der Waals surface area contributed by atoms with Crippen LogP contribution in [0.25, 0.3) is 0 Å². The van der Waals surface area contributed by atoms with Crippen molar-refractivity contribution in [1.29, 1.82) is 0 Å². The number of rotatable bonds is 3. The average Bonchev–Trinajstić information content (AvgIpc) is 2.23. The molecule has 0 N–H and O–H groups in total. The predicted octanol–water partition coefficient (Wildman–Crippen LogP) is 6.35. The van der Waals surface area contributed by atoms with Gasteiger partial charge in [-0.2, -0.15) is 0 Å². The first kappa shape index (κ1) is 13.2. The standard InChI is InChI=1S/C19H32/c1-12(2)15-10-16(13(3)4)18(14(5)6)17(11-15)19(7,8)9/h10-14H,1-9H3/i12D,13D. The Morgan fingerprint density at radius 3 is 1.74 bits per heavy atom. The van der Waals surface area contributed by atoms with Crippen molar-refractivity contribution in [1.82, 2.24) is 0 Å². The van der Waals surface area contributed by atoms with Gasteiger partial charge in [-0.1, -0.05) is 74.4 Å². The molecule has 0 fully saturated rings. The van der Waals surface area contributed by atoms with Gasteiger partial charge in [0.25, 0.3) is 0 Å². The molecule has 0 spiro atoms. The fourth-order valence-corrected chi connectivity index (χ4v) is 2.60. The summed E-state index contributed by atoms with van der Waals surface area (Å²) in [5.41, 5.74) is 4.66. The molecule has 0 heteroatoms. The minimum absolute atomic E-state index is 0.0147. The SMILES string of the molecule is [2H]C(C)(C)c1cc(C([2H])(C)C)c(C(C)C)c(C(C)(C)C)c1. The first-order valence-corrected chi connectivity index (χ1v) is 7.35. The van der Waals surface area contributed by atoms with Gasteiger partial charge >= 0.3 is 0 Å². The maximum atomic E-state index is 8.55. The van der Waals surface area contributed by atoms with Crippen molar-refractivity contribution in [2.24, 2.45) is 0 Å². The molecule has 0 unspecified atom stereocenters. The molecule has 108 valence electrons. The van der Waals surface area contributed by atoms with Gasteiger partial charge in [0, 0.05) is 2.74 Å². The summed E-state index contributed by atoms with van der Waals surface area (Å²) in [5, 5.41) is 0. The fourth-order valence-electron chi connectivity index (χ4n) is 2.60. The molecular formula is C19H32. The lowest BCUT2D eigenvalue weighted by atomic mass is 9.75. The Balaban J connectivity index is 3.85. The summed E-state index contributed by atoms with van der Waals surface area (Å²) in [6.07, 6.45) is 0. The maximum Gasteiger partial charge on any atom is 0.0347 e. The van der Waals surface area contributed by atoms with Crippen LogP contribution >= 0.6 is 0 Å². The zero-order valence-electron chi connectivity index (χ0n) is 16.2. The topological polar surface area (TPSA) is 0 Å². The maximum absolute atomic E-state index is 8.55. The van der Waals surface area contributed by atoms with Crippen LogP contribution in [0.5, 0.6) is 0 Å². The molecule has 0 saturated carbocycles. The first-order chi connectivity index (χ1) is 9.15. The summed E-state index contributed by atoms with van der Waals surface area (Å²) in [6, 6.07) is 4.28. The summed E-state index contributed by atoms with van der Waals surface area (Å²) in [4.78, 5) is 0. The van der Waals surface area contributed by atoms with E-state index in [4.69, 9.17) is 2.74 Å². The van der Waals surface area contributed by atoms with E-state index in [0.717, 1.165) is 11.1 Å². The van der Waals surface area contributed by atoms with Gasteiger partial charge in [0.15, 0.2) is 0 Å². The zero-order valence-corrected chi connectivity index (χ0v) is 14.2. The van der Waals surface area contributed by atoms with E-state index in [1.165, 1.54) is 11.1 Å². The van der Waals surface area contributed by atoms with Crippen molar-refractivity contribution in [2.45, 2.75) is 85.4 Å². The van der Waals surface area contributed by atoms with Gasteiger partial charge < -0.3 is 0 Å². The summed E-state index contributed by atoms with van der Waals surface area (Å²) >= 11 is 0. The molecule has 0 nitrogen and oxygen atoms in total. The van der Waals surface area contributed by atoms with Crippen LogP contribution in [0.15, 0.2) is 12.1 Å². The highest BCUT2D eigenvalue weighted by Crippen LogP contribution is 2.38. The van der Waals surface area contributed by atoms with Crippen LogP contribution in [0, 0.1) is 0 Å². The lowest BCUT2D eigenvalue weighted by molar-refractivity contribution is 0.571. The Hall–Kier alpha value is -0.780. The van der Waals surface area contributed by atoms with E-state index in [2.05, 4.69) is 46.8 Å². The molecule has 0 bridgehead atoms. The third-order valence-electron chi connectivity index (χ3n) is 3.68. The van der Waals surface area contributed by atoms with Crippen LogP contribution in [0.4, 0.5) is 0 Å². The van der Waals surface area contributed by atoms with E-state index in [1.54, 1.807) is 0 Å². The van der Waals surface area contributed by atoms with Crippen molar-refractivity contribution < 1.29 is 2.74 Å². The van der Waals surface area contributed by atoms with Gasteiger partial charge in [-0.3, -0.25) is 0 Å². The van der Waals surface area contributed by atoms with Crippen LogP contribution in [-0.2, 0) is 5.41 Å². The molecule has 19 heavy (non-hydrogen) atoms. The lowest BCUT2D eigenvalue weighted by Crippen LogP contribution is -2.18. The molecule has 0 heterocycles. The third kappa shape index (κ3) is 3.61. The third-order valence-corrected chi connectivity index (χ3v) is 3.68. The van der Waals surface area contributed by atoms with E-state index in [0.29, 0.717) is 5.92 Å². The Labute approximate surface area is 123 Å². The smallest absolute Gasteiger partial charge is 0.0347 e. The highest BCUT2D eigenvalue weighted by Gasteiger charge is 2.24. The zero-order chi connectivity index (χ0) is 16.8. The molecule has 0 aliphatic heterocycles. The number of benzene rings is 1. The van der Waals surface area contributed by atoms with Gasteiger partial charge in [-0.25, -0.2) is 0 Å². The first-order valence-electron chi connectivity index (χ1n) is 8.35. The van der Waals surface area contributed by atoms with Crippen LogP contribution in [-0.4, -0.2) is 0 Å². The van der Waals surface area contributed by atoms with Crippen molar-refractivity contribution in [2.75, 3.05) is 0 Å².